The topological polar surface area (TPSA) is 75.3 Å². The first-order valence-corrected chi connectivity index (χ1v) is 12.0. The molecule has 2 aromatic carbocycles. The lowest BCUT2D eigenvalue weighted by molar-refractivity contribution is -0.115. The van der Waals surface area contributed by atoms with Crippen molar-refractivity contribution in [3.8, 4) is 10.4 Å². The minimum atomic E-state index is -0.149. The van der Waals surface area contributed by atoms with Crippen LogP contribution in [0.3, 0.4) is 0 Å². The summed E-state index contributed by atoms with van der Waals surface area (Å²) < 4.78 is 0.794. The molecule has 1 unspecified atom stereocenters. The van der Waals surface area contributed by atoms with E-state index in [1.165, 1.54) is 22.3 Å². The van der Waals surface area contributed by atoms with Gasteiger partial charge in [0, 0.05) is 43.0 Å². The fourth-order valence-electron chi connectivity index (χ4n) is 4.38. The molecule has 6 nitrogen and oxygen atoms in total. The van der Waals surface area contributed by atoms with Crippen LogP contribution in [0.5, 0.6) is 0 Å². The first kappa shape index (κ1) is 22.0. The summed E-state index contributed by atoms with van der Waals surface area (Å²) in [6.45, 7) is 3.96. The highest BCUT2D eigenvalue weighted by Crippen LogP contribution is 2.31. The Morgan fingerprint density at radius 2 is 1.94 bits per heavy atom. The molecule has 1 aliphatic heterocycles. The number of fused-ring (bicyclic) bond motifs is 1. The lowest BCUT2D eigenvalue weighted by Crippen LogP contribution is -2.53. The van der Waals surface area contributed by atoms with E-state index in [1.54, 1.807) is 11.3 Å². The Balaban J connectivity index is 1.25. The molecule has 2 N–H and O–H groups in total. The molecule has 0 aliphatic carbocycles. The third-order valence-electron chi connectivity index (χ3n) is 6.08. The SMILES string of the molecule is Nc1ncnc2cc(CN3CCN(Cc4cccc(-c5ccc(Cl)s5)c4)CC3C=O)ccc12. The molecule has 5 rings (SSSR count). The number of halogens is 1. The third-order valence-corrected chi connectivity index (χ3v) is 7.36. The summed E-state index contributed by atoms with van der Waals surface area (Å²) in [6, 6.07) is 18.4. The summed E-state index contributed by atoms with van der Waals surface area (Å²) in [5.74, 6) is 0.483. The van der Waals surface area contributed by atoms with Gasteiger partial charge in [-0.1, -0.05) is 35.9 Å². The number of hydrogen-bond donors (Lipinski definition) is 1. The molecule has 1 fully saturated rings. The van der Waals surface area contributed by atoms with Gasteiger partial charge in [0.05, 0.1) is 15.9 Å². The minimum absolute atomic E-state index is 0.149. The summed E-state index contributed by atoms with van der Waals surface area (Å²) in [5, 5.41) is 0.852. The Hall–Kier alpha value is -2.84. The van der Waals surface area contributed by atoms with Crippen LogP contribution in [-0.4, -0.2) is 51.7 Å². The van der Waals surface area contributed by atoms with Crippen LogP contribution in [0.25, 0.3) is 21.3 Å². The zero-order valence-electron chi connectivity index (χ0n) is 18.0. The zero-order chi connectivity index (χ0) is 22.8. The number of anilines is 1. The third kappa shape index (κ3) is 4.91. The predicted molar refractivity (Wildman–Crippen MR) is 134 cm³/mol. The van der Waals surface area contributed by atoms with E-state index in [4.69, 9.17) is 17.3 Å². The number of hydrogen-bond acceptors (Lipinski definition) is 7. The van der Waals surface area contributed by atoms with E-state index in [-0.39, 0.29) is 6.04 Å². The van der Waals surface area contributed by atoms with Crippen LogP contribution in [0.2, 0.25) is 4.34 Å². The van der Waals surface area contributed by atoms with Crippen LogP contribution < -0.4 is 5.73 Å². The molecule has 1 atom stereocenters. The van der Waals surface area contributed by atoms with Gasteiger partial charge in [0.25, 0.3) is 0 Å². The summed E-state index contributed by atoms with van der Waals surface area (Å²) in [7, 11) is 0. The Kier molecular flexibility index (Phi) is 6.37. The number of rotatable bonds is 6. The molecule has 3 heterocycles. The van der Waals surface area contributed by atoms with E-state index in [1.807, 2.05) is 24.3 Å². The van der Waals surface area contributed by atoms with E-state index in [9.17, 15) is 4.79 Å². The monoisotopic (exact) mass is 477 g/mol. The van der Waals surface area contributed by atoms with Crippen LogP contribution in [0.1, 0.15) is 11.1 Å². The van der Waals surface area contributed by atoms with Crippen LogP contribution in [0, 0.1) is 0 Å². The van der Waals surface area contributed by atoms with Gasteiger partial charge in [0.1, 0.15) is 18.4 Å². The lowest BCUT2D eigenvalue weighted by atomic mass is 10.1. The quantitative estimate of drug-likeness (QED) is 0.413. The normalized spacial score (nSPS) is 17.4. The van der Waals surface area contributed by atoms with Gasteiger partial charge in [0.2, 0.25) is 0 Å². The van der Waals surface area contributed by atoms with Gasteiger partial charge < -0.3 is 10.5 Å². The van der Waals surface area contributed by atoms with Gasteiger partial charge in [-0.2, -0.15) is 0 Å². The number of nitrogens with two attached hydrogens (primary N) is 1. The summed E-state index contributed by atoms with van der Waals surface area (Å²) in [5.41, 5.74) is 10.3. The highest BCUT2D eigenvalue weighted by Gasteiger charge is 2.27. The Labute approximate surface area is 201 Å². The predicted octanol–water partition coefficient (Wildman–Crippen LogP) is 4.48. The van der Waals surface area contributed by atoms with E-state index in [2.05, 4.69) is 50.1 Å². The fourth-order valence-corrected chi connectivity index (χ4v) is 5.42. The highest BCUT2D eigenvalue weighted by atomic mass is 35.5. The van der Waals surface area contributed by atoms with Gasteiger partial charge in [-0.3, -0.25) is 9.80 Å². The average Bonchev–Trinajstić information content (AvgIpc) is 3.27. The van der Waals surface area contributed by atoms with Gasteiger partial charge >= 0.3 is 0 Å². The van der Waals surface area contributed by atoms with Crippen LogP contribution in [0.4, 0.5) is 5.82 Å². The number of carbonyl (C=O) groups is 1. The first-order chi connectivity index (χ1) is 16.1. The summed E-state index contributed by atoms with van der Waals surface area (Å²) in [6.07, 6.45) is 2.55. The van der Waals surface area contributed by atoms with Crippen LogP contribution in [-0.2, 0) is 17.9 Å². The van der Waals surface area contributed by atoms with Crippen molar-refractivity contribution in [2.75, 3.05) is 25.4 Å². The molecule has 33 heavy (non-hydrogen) atoms. The molecule has 0 spiro atoms. The molecule has 0 amide bonds. The molecule has 4 aromatic rings. The smallest absolute Gasteiger partial charge is 0.138 e. The number of carbonyl (C=O) groups excluding carboxylic acids is 1. The average molecular weight is 478 g/mol. The number of benzene rings is 2. The van der Waals surface area contributed by atoms with Crippen molar-refractivity contribution in [2.24, 2.45) is 0 Å². The molecular weight excluding hydrogens is 454 g/mol. The number of piperazine rings is 1. The highest BCUT2D eigenvalue weighted by molar-refractivity contribution is 7.19. The van der Waals surface area contributed by atoms with Crippen molar-refractivity contribution in [1.29, 1.82) is 0 Å². The largest absolute Gasteiger partial charge is 0.383 e. The Morgan fingerprint density at radius 3 is 2.76 bits per heavy atom. The van der Waals surface area contributed by atoms with Crippen molar-refractivity contribution < 1.29 is 4.79 Å². The molecule has 1 aliphatic rings. The maximum Gasteiger partial charge on any atom is 0.138 e. The van der Waals surface area contributed by atoms with Gasteiger partial charge in [-0.05, 0) is 47.0 Å². The molecule has 1 saturated heterocycles. The standard InChI is InChI=1S/C25H24ClN5OS/c26-24-7-6-23(33-24)19-3-1-2-17(10-19)12-30-8-9-31(20(14-30)15-32)13-18-4-5-21-22(11-18)28-16-29-25(21)27/h1-7,10-11,15-16,20H,8-9,12-14H2,(H2,27,28,29). The van der Waals surface area contributed by atoms with Crippen molar-refractivity contribution >= 4 is 45.9 Å². The molecule has 0 radical (unpaired) electrons. The molecule has 0 bridgehead atoms. The van der Waals surface area contributed by atoms with Crippen LogP contribution in [0.15, 0.2) is 60.9 Å². The second-order valence-electron chi connectivity index (χ2n) is 8.32. The zero-order valence-corrected chi connectivity index (χ0v) is 19.6. The second-order valence-corrected chi connectivity index (χ2v) is 10.0. The van der Waals surface area contributed by atoms with Crippen molar-refractivity contribution in [3.63, 3.8) is 0 Å². The molecule has 168 valence electrons. The second kappa shape index (κ2) is 9.57. The maximum absolute atomic E-state index is 11.9. The molecule has 0 saturated carbocycles. The van der Waals surface area contributed by atoms with E-state index in [0.717, 1.165) is 46.7 Å². The molecular formula is C25H24ClN5OS. The van der Waals surface area contributed by atoms with Gasteiger partial charge in [0.15, 0.2) is 0 Å². The van der Waals surface area contributed by atoms with Gasteiger partial charge in [-0.15, -0.1) is 11.3 Å². The van der Waals surface area contributed by atoms with Gasteiger partial charge in [-0.25, -0.2) is 9.97 Å². The Morgan fingerprint density at radius 1 is 1.06 bits per heavy atom. The van der Waals surface area contributed by atoms with Crippen molar-refractivity contribution in [3.05, 3.63) is 76.4 Å². The summed E-state index contributed by atoms with van der Waals surface area (Å²) >= 11 is 7.69. The van der Waals surface area contributed by atoms with Crippen molar-refractivity contribution in [1.82, 2.24) is 19.8 Å². The molecule has 8 heteroatoms. The van der Waals surface area contributed by atoms with E-state index < -0.39 is 0 Å². The van der Waals surface area contributed by atoms with Crippen molar-refractivity contribution in [2.45, 2.75) is 19.1 Å². The minimum Gasteiger partial charge on any atom is -0.383 e. The van der Waals surface area contributed by atoms with E-state index >= 15 is 0 Å². The number of aromatic nitrogens is 2. The maximum atomic E-state index is 11.9. The number of nitrogen functional groups attached to an aromatic ring is 1. The van der Waals surface area contributed by atoms with Crippen LogP contribution >= 0.6 is 22.9 Å². The van der Waals surface area contributed by atoms with E-state index in [0.29, 0.717) is 18.9 Å². The summed E-state index contributed by atoms with van der Waals surface area (Å²) in [4.78, 5) is 26.1. The fraction of sp³-hybridized carbons (Fsp3) is 0.240. The number of aldehydes is 1. The Bertz CT molecular complexity index is 1290. The number of thiophene rings is 1. The lowest BCUT2D eigenvalue weighted by Gasteiger charge is -2.39. The first-order valence-electron chi connectivity index (χ1n) is 10.8. The number of nitrogens with zero attached hydrogens (tertiary/aromatic N) is 4. The molecule has 2 aromatic heterocycles.